The molecule has 0 aliphatic carbocycles. The van der Waals surface area contributed by atoms with Crippen molar-refractivity contribution in [1.82, 2.24) is 10.2 Å². The number of piperazine rings is 1. The number of phenolic OH excluding ortho intramolecular Hbond substituents is 1. The van der Waals surface area contributed by atoms with Gasteiger partial charge in [0.2, 0.25) is 0 Å². The van der Waals surface area contributed by atoms with Crippen LogP contribution in [-0.2, 0) is 0 Å². The maximum atomic E-state index is 10.4. The summed E-state index contributed by atoms with van der Waals surface area (Å²) in [7, 11) is 0. The van der Waals surface area contributed by atoms with Gasteiger partial charge >= 0.3 is 0 Å². The Kier molecular flexibility index (Phi) is 5.18. The van der Waals surface area contributed by atoms with Gasteiger partial charge in [-0.05, 0) is 18.6 Å². The molecule has 0 spiro atoms. The highest BCUT2D eigenvalue weighted by molar-refractivity contribution is 9.10. The maximum Gasteiger partial charge on any atom is 0.139 e. The van der Waals surface area contributed by atoms with Crippen LogP contribution in [0.1, 0.15) is 23.6 Å². The smallest absolute Gasteiger partial charge is 0.139 e. The van der Waals surface area contributed by atoms with Gasteiger partial charge in [-0.15, -0.1) is 6.58 Å². The first-order valence-electron chi connectivity index (χ1n) is 6.66. The largest absolute Gasteiger partial charge is 0.506 e. The average Bonchev–Trinajstić information content (AvgIpc) is 2.47. The number of hydrogen-bond acceptors (Lipinski definition) is 4. The van der Waals surface area contributed by atoms with E-state index in [-0.39, 0.29) is 11.8 Å². The Morgan fingerprint density at radius 2 is 2.20 bits per heavy atom. The van der Waals surface area contributed by atoms with Crippen LogP contribution in [0.15, 0.2) is 29.3 Å². The second-order valence-corrected chi connectivity index (χ2v) is 5.65. The fourth-order valence-electron chi connectivity index (χ4n) is 2.59. The molecule has 1 aromatic rings. The highest BCUT2D eigenvalue weighted by Crippen LogP contribution is 2.39. The van der Waals surface area contributed by atoms with Crippen molar-refractivity contribution >= 4 is 15.9 Å². The summed E-state index contributed by atoms with van der Waals surface area (Å²) in [6, 6.07) is 5.53. The summed E-state index contributed by atoms with van der Waals surface area (Å²) in [5, 5.41) is 22.8. The van der Waals surface area contributed by atoms with Crippen LogP contribution in [0.4, 0.5) is 0 Å². The molecule has 106 valence electrons. The van der Waals surface area contributed by atoms with Crippen LogP contribution in [0.3, 0.4) is 0 Å². The normalized spacial score (nSPS) is 17.4. The van der Waals surface area contributed by atoms with Crippen LogP contribution in [0.5, 0.6) is 5.75 Å². The van der Waals surface area contributed by atoms with Crippen LogP contribution in [0, 0.1) is 11.3 Å². The number of nitrogens with zero attached hydrogens (tertiary/aromatic N) is 2. The summed E-state index contributed by atoms with van der Waals surface area (Å²) < 4.78 is 0.833. The molecule has 2 rings (SSSR count). The summed E-state index contributed by atoms with van der Waals surface area (Å²) >= 11 is 3.50. The average molecular weight is 336 g/mol. The Balaban J connectivity index is 2.43. The molecule has 1 atom stereocenters. The lowest BCUT2D eigenvalue weighted by atomic mass is 9.98. The quantitative estimate of drug-likeness (QED) is 0.830. The molecular weight excluding hydrogens is 318 g/mol. The number of benzene rings is 1. The van der Waals surface area contributed by atoms with Crippen molar-refractivity contribution in [3.8, 4) is 11.8 Å². The minimum absolute atomic E-state index is 0.0391. The molecule has 2 N–H and O–H groups in total. The first-order valence-corrected chi connectivity index (χ1v) is 7.45. The van der Waals surface area contributed by atoms with E-state index in [2.05, 4.69) is 32.7 Å². The molecule has 1 aliphatic heterocycles. The van der Waals surface area contributed by atoms with Gasteiger partial charge in [0, 0.05) is 42.3 Å². The topological polar surface area (TPSA) is 59.3 Å². The lowest BCUT2D eigenvalue weighted by molar-refractivity contribution is 0.171. The molecule has 0 saturated carbocycles. The highest BCUT2D eigenvalue weighted by atomic mass is 79.9. The highest BCUT2D eigenvalue weighted by Gasteiger charge is 2.26. The molecule has 0 unspecified atom stereocenters. The zero-order valence-corrected chi connectivity index (χ0v) is 12.9. The first-order chi connectivity index (χ1) is 9.69. The zero-order valence-electron chi connectivity index (χ0n) is 11.3. The van der Waals surface area contributed by atoms with E-state index in [4.69, 9.17) is 5.26 Å². The molecule has 20 heavy (non-hydrogen) atoms. The molecule has 5 heteroatoms. The van der Waals surface area contributed by atoms with Crippen LogP contribution < -0.4 is 5.32 Å². The van der Waals surface area contributed by atoms with Crippen molar-refractivity contribution in [2.24, 2.45) is 0 Å². The third-order valence-electron chi connectivity index (χ3n) is 3.60. The van der Waals surface area contributed by atoms with Gasteiger partial charge in [0.15, 0.2) is 0 Å². The predicted octanol–water partition coefficient (Wildman–Crippen LogP) is 2.55. The standard InChI is InChI=1S/C15H18BrN3O/c1-2-3-13(19-8-6-18-7-9-19)14-12(16)5-4-11(10-17)15(14)20/h2,4-5,13,18,20H,1,3,6-9H2/t13-/m0/s1. The van der Waals surface area contributed by atoms with Gasteiger partial charge < -0.3 is 10.4 Å². The second-order valence-electron chi connectivity index (χ2n) is 4.80. The summed E-state index contributed by atoms with van der Waals surface area (Å²) in [6.07, 6.45) is 2.60. The van der Waals surface area contributed by atoms with Crippen molar-refractivity contribution in [2.45, 2.75) is 12.5 Å². The second kappa shape index (κ2) is 6.89. The molecule has 1 aromatic carbocycles. The first kappa shape index (κ1) is 15.0. The third kappa shape index (κ3) is 3.04. The van der Waals surface area contributed by atoms with Crippen molar-refractivity contribution in [1.29, 1.82) is 5.26 Å². The van der Waals surface area contributed by atoms with E-state index in [1.54, 1.807) is 6.07 Å². The van der Waals surface area contributed by atoms with Gasteiger partial charge in [-0.3, -0.25) is 4.90 Å². The molecule has 0 aromatic heterocycles. The van der Waals surface area contributed by atoms with Gasteiger partial charge in [-0.1, -0.05) is 22.0 Å². The molecule has 0 amide bonds. The van der Waals surface area contributed by atoms with Gasteiger partial charge in [0.25, 0.3) is 0 Å². The van der Waals surface area contributed by atoms with Gasteiger partial charge in [-0.2, -0.15) is 5.26 Å². The number of hydrogen-bond donors (Lipinski definition) is 2. The molecule has 4 nitrogen and oxygen atoms in total. The van der Waals surface area contributed by atoms with Gasteiger partial charge in [0.1, 0.15) is 11.8 Å². The Bertz CT molecular complexity index is 533. The Morgan fingerprint density at radius 1 is 1.50 bits per heavy atom. The molecular formula is C15H18BrN3O. The number of rotatable bonds is 4. The summed E-state index contributed by atoms with van der Waals surface area (Å²) in [6.45, 7) is 7.52. The molecule has 0 radical (unpaired) electrons. The number of aromatic hydroxyl groups is 1. The van der Waals surface area contributed by atoms with Crippen LogP contribution in [0.25, 0.3) is 0 Å². The lowest BCUT2D eigenvalue weighted by Gasteiger charge is -2.35. The number of nitriles is 1. The minimum atomic E-state index is 0.0391. The van der Waals surface area contributed by atoms with E-state index in [1.165, 1.54) is 0 Å². The predicted molar refractivity (Wildman–Crippen MR) is 82.5 cm³/mol. The molecule has 0 bridgehead atoms. The lowest BCUT2D eigenvalue weighted by Crippen LogP contribution is -2.45. The van der Waals surface area contributed by atoms with Crippen molar-refractivity contribution < 1.29 is 5.11 Å². The zero-order chi connectivity index (χ0) is 14.5. The van der Waals surface area contributed by atoms with Crippen LogP contribution in [-0.4, -0.2) is 36.2 Å². The number of nitrogens with one attached hydrogen (secondary N) is 1. The van der Waals surface area contributed by atoms with E-state index in [9.17, 15) is 5.11 Å². The molecule has 1 aliphatic rings. The summed E-state index contributed by atoms with van der Waals surface area (Å²) in [5.74, 6) is 0.0762. The van der Waals surface area contributed by atoms with E-state index in [0.717, 1.165) is 42.6 Å². The van der Waals surface area contributed by atoms with Crippen molar-refractivity contribution in [3.63, 3.8) is 0 Å². The minimum Gasteiger partial charge on any atom is -0.506 e. The maximum absolute atomic E-state index is 10.4. The third-order valence-corrected chi connectivity index (χ3v) is 4.29. The fraction of sp³-hybridized carbons (Fsp3) is 0.400. The SMILES string of the molecule is C=CC[C@@H](c1c(Br)ccc(C#N)c1O)N1CCNCC1. The molecule has 1 saturated heterocycles. The van der Waals surface area contributed by atoms with Gasteiger partial charge in [-0.25, -0.2) is 0 Å². The van der Waals surface area contributed by atoms with Crippen LogP contribution in [0.2, 0.25) is 0 Å². The molecule has 1 heterocycles. The fourth-order valence-corrected chi connectivity index (χ4v) is 3.18. The summed E-state index contributed by atoms with van der Waals surface area (Å²) in [4.78, 5) is 2.32. The van der Waals surface area contributed by atoms with Crippen molar-refractivity contribution in [2.75, 3.05) is 26.2 Å². The Labute approximate surface area is 127 Å². The van der Waals surface area contributed by atoms with E-state index >= 15 is 0 Å². The summed E-state index contributed by atoms with van der Waals surface area (Å²) in [5.41, 5.74) is 1.10. The van der Waals surface area contributed by atoms with Gasteiger partial charge in [0.05, 0.1) is 5.56 Å². The monoisotopic (exact) mass is 335 g/mol. The van der Waals surface area contributed by atoms with E-state index in [0.29, 0.717) is 5.56 Å². The number of phenols is 1. The Morgan fingerprint density at radius 3 is 2.80 bits per heavy atom. The Hall–Kier alpha value is -1.35. The van der Waals surface area contributed by atoms with E-state index < -0.39 is 0 Å². The van der Waals surface area contributed by atoms with Crippen LogP contribution >= 0.6 is 15.9 Å². The molecule has 1 fully saturated rings. The van der Waals surface area contributed by atoms with Crippen molar-refractivity contribution in [3.05, 3.63) is 40.4 Å². The number of halogens is 1. The van der Waals surface area contributed by atoms with E-state index in [1.807, 2.05) is 18.2 Å².